The summed E-state index contributed by atoms with van der Waals surface area (Å²) in [5, 5.41) is 10.5. The maximum absolute atomic E-state index is 13.6. The lowest BCUT2D eigenvalue weighted by Crippen LogP contribution is -2.60. The predicted octanol–water partition coefficient (Wildman–Crippen LogP) is 3.54. The summed E-state index contributed by atoms with van der Waals surface area (Å²) >= 11 is 21.1. The Labute approximate surface area is 227 Å². The van der Waals surface area contributed by atoms with E-state index >= 15 is 0 Å². The van der Waals surface area contributed by atoms with Crippen LogP contribution < -0.4 is 4.74 Å². The van der Waals surface area contributed by atoms with Crippen molar-refractivity contribution in [2.45, 2.75) is 28.5 Å². The van der Waals surface area contributed by atoms with Crippen LogP contribution in [0.15, 0.2) is 26.7 Å². The largest absolute Gasteiger partial charge is 0.503 e. The molecule has 0 radical (unpaired) electrons. The number of allylic oxidation sites excluding steroid dienone is 2. The quantitative estimate of drug-likeness (QED) is 0.298. The number of phenolic OH excluding ortho intramolecular Hbond substituents is 1. The van der Waals surface area contributed by atoms with Gasteiger partial charge in [-0.2, -0.15) is 0 Å². The number of carbonyl (C=O) groups is 4. The number of methoxy groups -OCH3 is 1. The van der Waals surface area contributed by atoms with Gasteiger partial charge >= 0.3 is 0 Å². The minimum Gasteiger partial charge on any atom is -0.503 e. The number of imide groups is 2. The van der Waals surface area contributed by atoms with Crippen molar-refractivity contribution in [1.29, 1.82) is 0 Å². The number of alkyl halides is 2. The molecule has 186 valence electrons. The van der Waals surface area contributed by atoms with Gasteiger partial charge in [-0.25, -0.2) is 0 Å². The van der Waals surface area contributed by atoms with Crippen LogP contribution in [-0.2, 0) is 19.2 Å². The number of likely N-dealkylation sites (tertiary alicyclic amines) is 2. The number of hydrogen-bond donors (Lipinski definition) is 1. The molecule has 0 spiro atoms. The van der Waals surface area contributed by atoms with Crippen LogP contribution >= 0.6 is 55.1 Å². The third-order valence-electron chi connectivity index (χ3n) is 7.94. The van der Waals surface area contributed by atoms with Crippen molar-refractivity contribution in [3.63, 3.8) is 0 Å². The second kappa shape index (κ2) is 7.94. The molecule has 12 heteroatoms. The molecule has 2 aliphatic heterocycles. The van der Waals surface area contributed by atoms with Gasteiger partial charge < -0.3 is 9.84 Å². The number of aromatic hydroxyl groups is 1. The molecule has 3 fully saturated rings. The number of phenols is 1. The molecule has 2 saturated heterocycles. The third-order valence-corrected chi connectivity index (χ3v) is 11.5. The molecule has 4 amide bonds. The number of rotatable bonds is 2. The van der Waals surface area contributed by atoms with Gasteiger partial charge in [-0.05, 0) is 62.2 Å². The van der Waals surface area contributed by atoms with Crippen LogP contribution in [0.25, 0.3) is 0 Å². The van der Waals surface area contributed by atoms with Crippen LogP contribution in [0.4, 0.5) is 0 Å². The normalized spacial score (nSPS) is 36.3. The van der Waals surface area contributed by atoms with Crippen LogP contribution in [0, 0.1) is 17.8 Å². The number of ether oxygens (including phenoxy) is 1. The first-order valence-corrected chi connectivity index (χ1v) is 13.1. The number of hydrogen-bond acceptors (Lipinski definition) is 6. The molecule has 8 nitrogen and oxygen atoms in total. The molecule has 1 saturated carbocycles. The molecule has 0 bridgehead atoms. The molecular formula is C23H20Br2Cl2N2O6. The average molecular weight is 651 g/mol. The molecule has 2 aliphatic carbocycles. The van der Waals surface area contributed by atoms with Gasteiger partial charge in [-0.15, -0.1) is 23.2 Å². The van der Waals surface area contributed by atoms with Crippen molar-refractivity contribution in [2.75, 3.05) is 21.2 Å². The minimum absolute atomic E-state index is 0.0721. The van der Waals surface area contributed by atoms with E-state index in [0.29, 0.717) is 15.6 Å². The second-order valence-corrected chi connectivity index (χ2v) is 12.2. The smallest absolute Gasteiger partial charge is 0.253 e. The monoisotopic (exact) mass is 648 g/mol. The Morgan fingerprint density at radius 1 is 1.03 bits per heavy atom. The Hall–Kier alpha value is -1.62. The van der Waals surface area contributed by atoms with Crippen LogP contribution in [0.2, 0.25) is 0 Å². The highest BCUT2D eigenvalue weighted by Crippen LogP contribution is 2.66. The van der Waals surface area contributed by atoms with Gasteiger partial charge in [0.25, 0.3) is 11.8 Å². The molecule has 6 unspecified atom stereocenters. The van der Waals surface area contributed by atoms with Gasteiger partial charge in [0.2, 0.25) is 11.8 Å². The van der Waals surface area contributed by atoms with Crippen molar-refractivity contribution >= 4 is 78.7 Å². The summed E-state index contributed by atoms with van der Waals surface area (Å²) in [5.74, 6) is -4.84. The number of nitrogens with zero attached hydrogens (tertiary/aromatic N) is 2. The van der Waals surface area contributed by atoms with E-state index in [4.69, 9.17) is 27.9 Å². The summed E-state index contributed by atoms with van der Waals surface area (Å²) in [6, 6.07) is 1.54. The SMILES string of the molecule is COc1cc(C2C3=CCC4C(=O)N(C)C(=O)C4C3CC3(Cl)C(=O)N(C)C(=O)C23Cl)c(Br)c(Br)c1O. The van der Waals surface area contributed by atoms with E-state index in [9.17, 15) is 24.3 Å². The highest BCUT2D eigenvalue weighted by molar-refractivity contribution is 9.13. The average Bonchev–Trinajstić information content (AvgIpc) is 3.13. The zero-order valence-electron chi connectivity index (χ0n) is 18.8. The standard InChI is InChI=1S/C23H20Br2Cl2N2O6/c1-28-18(31)9-5-4-8-11(13(9)19(28)32)7-22(26)20(33)29(2)21(34)23(22,27)14(8)10-6-12(35-3)17(30)16(25)15(10)24/h4,6,9,11,13-14,30H,5,7H2,1-3H3. The minimum atomic E-state index is -1.92. The van der Waals surface area contributed by atoms with Crippen LogP contribution in [-0.4, -0.2) is 69.5 Å². The Kier molecular flexibility index (Phi) is 5.68. The summed E-state index contributed by atoms with van der Waals surface area (Å²) in [7, 11) is 4.16. The Bertz CT molecular complexity index is 1270. The fourth-order valence-corrected chi connectivity index (χ4v) is 8.19. The van der Waals surface area contributed by atoms with Gasteiger partial charge in [0.1, 0.15) is 0 Å². The molecule has 4 aliphatic rings. The fourth-order valence-electron chi connectivity index (χ4n) is 6.22. The fraction of sp³-hybridized carbons (Fsp3) is 0.478. The van der Waals surface area contributed by atoms with E-state index in [2.05, 4.69) is 31.9 Å². The van der Waals surface area contributed by atoms with E-state index in [1.165, 1.54) is 27.3 Å². The van der Waals surface area contributed by atoms with Crippen molar-refractivity contribution in [2.24, 2.45) is 17.8 Å². The molecule has 1 N–H and O–H groups in total. The lowest BCUT2D eigenvalue weighted by atomic mass is 9.56. The van der Waals surface area contributed by atoms with Crippen molar-refractivity contribution in [3.05, 3.63) is 32.2 Å². The number of fused-ring (bicyclic) bond motifs is 4. The molecule has 2 heterocycles. The maximum atomic E-state index is 13.6. The molecule has 1 aromatic rings. The first-order chi connectivity index (χ1) is 16.3. The molecule has 0 aromatic heterocycles. The first kappa shape index (κ1) is 25.0. The second-order valence-electron chi connectivity index (χ2n) is 9.38. The van der Waals surface area contributed by atoms with Crippen molar-refractivity contribution < 1.29 is 29.0 Å². The summed E-state index contributed by atoms with van der Waals surface area (Å²) in [6.07, 6.45) is 2.06. The van der Waals surface area contributed by atoms with Gasteiger partial charge in [0.15, 0.2) is 21.2 Å². The van der Waals surface area contributed by atoms with Gasteiger partial charge in [0, 0.05) is 24.5 Å². The first-order valence-electron chi connectivity index (χ1n) is 10.8. The van der Waals surface area contributed by atoms with Crippen LogP contribution in [0.3, 0.4) is 0 Å². The zero-order chi connectivity index (χ0) is 25.8. The third kappa shape index (κ3) is 2.91. The van der Waals surface area contributed by atoms with Gasteiger partial charge in [0.05, 0.1) is 23.4 Å². The Morgan fingerprint density at radius 2 is 1.69 bits per heavy atom. The van der Waals surface area contributed by atoms with E-state index in [-0.39, 0.29) is 40.6 Å². The molecule has 1 aromatic carbocycles. The van der Waals surface area contributed by atoms with Crippen LogP contribution in [0.5, 0.6) is 11.5 Å². The lowest BCUT2D eigenvalue weighted by Gasteiger charge is -2.51. The van der Waals surface area contributed by atoms with E-state index in [1.54, 1.807) is 0 Å². The highest BCUT2D eigenvalue weighted by atomic mass is 79.9. The highest BCUT2D eigenvalue weighted by Gasteiger charge is 2.76. The summed E-state index contributed by atoms with van der Waals surface area (Å²) in [5.41, 5.74) is 1.10. The maximum Gasteiger partial charge on any atom is 0.253 e. The van der Waals surface area contributed by atoms with Gasteiger partial charge in [-0.1, -0.05) is 11.6 Å². The summed E-state index contributed by atoms with van der Waals surface area (Å²) < 4.78 is 5.99. The molecule has 35 heavy (non-hydrogen) atoms. The summed E-state index contributed by atoms with van der Waals surface area (Å²) in [6.45, 7) is 0. The number of amides is 4. The van der Waals surface area contributed by atoms with Gasteiger partial charge in [-0.3, -0.25) is 29.0 Å². The van der Waals surface area contributed by atoms with E-state index in [1.807, 2.05) is 6.08 Å². The lowest BCUT2D eigenvalue weighted by molar-refractivity contribution is -0.140. The number of halogens is 4. The van der Waals surface area contributed by atoms with E-state index in [0.717, 1.165) is 9.80 Å². The molecule has 6 atom stereocenters. The van der Waals surface area contributed by atoms with Crippen LogP contribution in [0.1, 0.15) is 24.3 Å². The zero-order valence-corrected chi connectivity index (χ0v) is 23.5. The number of carbonyl (C=O) groups excluding carboxylic acids is 4. The Balaban J connectivity index is 1.81. The number of benzene rings is 1. The molecular weight excluding hydrogens is 631 g/mol. The van der Waals surface area contributed by atoms with Crippen molar-refractivity contribution in [3.8, 4) is 11.5 Å². The predicted molar refractivity (Wildman–Crippen MR) is 133 cm³/mol. The summed E-state index contributed by atoms with van der Waals surface area (Å²) in [4.78, 5) is 51.2. The van der Waals surface area contributed by atoms with E-state index < -0.39 is 45.2 Å². The van der Waals surface area contributed by atoms with Crippen molar-refractivity contribution in [1.82, 2.24) is 9.80 Å². The molecule has 5 rings (SSSR count). The Morgan fingerprint density at radius 3 is 2.31 bits per heavy atom. The topological polar surface area (TPSA) is 104 Å².